The fourth-order valence-corrected chi connectivity index (χ4v) is 3.23. The van der Waals surface area contributed by atoms with E-state index in [1.807, 2.05) is 41.5 Å². The van der Waals surface area contributed by atoms with E-state index in [2.05, 4.69) is 30.6 Å². The van der Waals surface area contributed by atoms with Gasteiger partial charge in [0.1, 0.15) is 0 Å². The van der Waals surface area contributed by atoms with Crippen molar-refractivity contribution in [3.8, 4) is 23.7 Å². The monoisotopic (exact) mass is 596 g/mol. The van der Waals surface area contributed by atoms with E-state index in [1.54, 1.807) is 0 Å². The molecule has 0 N–H and O–H groups in total. The molecule has 42 heavy (non-hydrogen) atoms. The van der Waals surface area contributed by atoms with Crippen LogP contribution in [-0.4, -0.2) is 64.2 Å². The van der Waals surface area contributed by atoms with Crippen LogP contribution in [0.25, 0.3) is 0 Å². The Bertz CT molecular complexity index is 732. The van der Waals surface area contributed by atoms with Crippen molar-refractivity contribution in [2.75, 3.05) is 39.6 Å². The summed E-state index contributed by atoms with van der Waals surface area (Å²) in [7, 11) is 0. The summed E-state index contributed by atoms with van der Waals surface area (Å²) in [5.41, 5.74) is 0. The van der Waals surface area contributed by atoms with Crippen molar-refractivity contribution in [1.29, 1.82) is 0 Å². The van der Waals surface area contributed by atoms with Crippen LogP contribution in [0, 0.1) is 29.6 Å². The second kappa shape index (κ2) is 33.4. The van der Waals surface area contributed by atoms with E-state index in [4.69, 9.17) is 28.4 Å². The SMILES string of the molecule is CCCCOC(=O)CCCCCC#CC(OCC)OCC.CCOC(C#CCCCCCC(=O)OCC(C)C)OCC. The first-order chi connectivity index (χ1) is 20.3. The summed E-state index contributed by atoms with van der Waals surface area (Å²) in [6, 6.07) is 0. The van der Waals surface area contributed by atoms with E-state index in [9.17, 15) is 9.59 Å². The molecule has 0 aromatic rings. The number of ether oxygens (including phenoxy) is 6. The molecule has 0 fully saturated rings. The number of unbranched alkanes of at least 4 members (excludes halogenated alkanes) is 7. The van der Waals surface area contributed by atoms with Crippen molar-refractivity contribution in [3.05, 3.63) is 0 Å². The van der Waals surface area contributed by atoms with Gasteiger partial charge in [-0.05, 0) is 77.6 Å². The standard InChI is InChI=1S/2C17H30O4/c1-5-19-17(20-6-2)13-11-9-7-8-10-12-16(18)21-14-15(3)4;1-4-7-15-21-16(18)13-11-9-8-10-12-14-17(19-5-2)20-6-3/h15,17H,5-10,12,14H2,1-4H3;17H,4-11,13,15H2,1-3H3. The summed E-state index contributed by atoms with van der Waals surface area (Å²) in [6.45, 7) is 17.3. The summed E-state index contributed by atoms with van der Waals surface area (Å²) in [5, 5.41) is 0. The molecule has 0 saturated heterocycles. The first-order valence-corrected chi connectivity index (χ1v) is 16.1. The molecule has 0 radical (unpaired) electrons. The third-order valence-electron chi connectivity index (χ3n) is 5.42. The Morgan fingerprint density at radius 3 is 1.38 bits per heavy atom. The highest BCUT2D eigenvalue weighted by Gasteiger charge is 2.05. The van der Waals surface area contributed by atoms with Crippen LogP contribution in [0.4, 0.5) is 0 Å². The average molecular weight is 597 g/mol. The lowest BCUT2D eigenvalue weighted by Gasteiger charge is -2.09. The molecule has 0 unspecified atom stereocenters. The Hall–Kier alpha value is -2.10. The Kier molecular flexibility index (Phi) is 33.4. The molecule has 8 nitrogen and oxygen atoms in total. The van der Waals surface area contributed by atoms with E-state index < -0.39 is 12.6 Å². The van der Waals surface area contributed by atoms with Crippen molar-refractivity contribution in [2.24, 2.45) is 5.92 Å². The molecular formula is C34H60O8. The highest BCUT2D eigenvalue weighted by Crippen LogP contribution is 2.06. The van der Waals surface area contributed by atoms with Crippen LogP contribution in [0.3, 0.4) is 0 Å². The normalized spacial score (nSPS) is 10.4. The van der Waals surface area contributed by atoms with Crippen LogP contribution in [0.1, 0.15) is 126 Å². The fourth-order valence-electron chi connectivity index (χ4n) is 3.23. The average Bonchev–Trinajstić information content (AvgIpc) is 2.96. The van der Waals surface area contributed by atoms with Gasteiger partial charge in [-0.15, -0.1) is 0 Å². The number of rotatable bonds is 23. The first kappa shape index (κ1) is 42.0. The van der Waals surface area contributed by atoms with Crippen LogP contribution < -0.4 is 0 Å². The summed E-state index contributed by atoms with van der Waals surface area (Å²) in [6.07, 6.45) is 9.47. The maximum absolute atomic E-state index is 11.4. The lowest BCUT2D eigenvalue weighted by Crippen LogP contribution is -2.14. The van der Waals surface area contributed by atoms with Gasteiger partial charge in [0.05, 0.1) is 13.2 Å². The zero-order chi connectivity index (χ0) is 31.7. The van der Waals surface area contributed by atoms with Crippen molar-refractivity contribution in [1.82, 2.24) is 0 Å². The number of carbonyl (C=O) groups is 2. The fraction of sp³-hybridized carbons (Fsp3) is 0.824. The van der Waals surface area contributed by atoms with Gasteiger partial charge in [0.15, 0.2) is 0 Å². The maximum Gasteiger partial charge on any atom is 0.305 e. The maximum atomic E-state index is 11.4. The number of hydrogen-bond acceptors (Lipinski definition) is 8. The molecule has 244 valence electrons. The quantitative estimate of drug-likeness (QED) is 0.0529. The molecule has 0 rings (SSSR count). The molecule has 0 bridgehead atoms. The summed E-state index contributed by atoms with van der Waals surface area (Å²) in [4.78, 5) is 22.7. The molecule has 0 heterocycles. The zero-order valence-corrected chi connectivity index (χ0v) is 27.7. The lowest BCUT2D eigenvalue weighted by atomic mass is 10.1. The minimum Gasteiger partial charge on any atom is -0.466 e. The largest absolute Gasteiger partial charge is 0.466 e. The molecule has 0 aromatic carbocycles. The summed E-state index contributed by atoms with van der Waals surface area (Å²) >= 11 is 0. The molecule has 0 aromatic heterocycles. The molecule has 8 heteroatoms. The minimum atomic E-state index is -0.411. The van der Waals surface area contributed by atoms with Crippen LogP contribution in [0.2, 0.25) is 0 Å². The highest BCUT2D eigenvalue weighted by atomic mass is 16.7. The molecule has 0 aliphatic carbocycles. The van der Waals surface area contributed by atoms with Gasteiger partial charge in [0, 0.05) is 52.1 Å². The Morgan fingerprint density at radius 1 is 0.571 bits per heavy atom. The van der Waals surface area contributed by atoms with E-state index in [0.29, 0.717) is 58.4 Å². The summed E-state index contributed by atoms with van der Waals surface area (Å²) < 4.78 is 31.5. The Morgan fingerprint density at radius 2 is 1.00 bits per heavy atom. The van der Waals surface area contributed by atoms with Gasteiger partial charge < -0.3 is 28.4 Å². The van der Waals surface area contributed by atoms with Crippen molar-refractivity contribution < 1.29 is 38.0 Å². The second-order valence-electron chi connectivity index (χ2n) is 9.90. The number of carbonyl (C=O) groups excluding carboxylic acids is 2. The molecule has 0 atom stereocenters. The van der Waals surface area contributed by atoms with Gasteiger partial charge >= 0.3 is 11.9 Å². The predicted octanol–water partition coefficient (Wildman–Crippen LogP) is 7.22. The molecule has 0 amide bonds. The third kappa shape index (κ3) is 32.4. The van der Waals surface area contributed by atoms with Gasteiger partial charge in [0.2, 0.25) is 12.6 Å². The van der Waals surface area contributed by atoms with Crippen molar-refractivity contribution in [3.63, 3.8) is 0 Å². The molecule has 0 aliphatic rings. The Balaban J connectivity index is 0. The van der Waals surface area contributed by atoms with E-state index >= 15 is 0 Å². The highest BCUT2D eigenvalue weighted by molar-refractivity contribution is 5.69. The molecule has 0 saturated carbocycles. The first-order valence-electron chi connectivity index (χ1n) is 16.1. The minimum absolute atomic E-state index is 0.0812. The van der Waals surface area contributed by atoms with E-state index in [1.165, 1.54) is 0 Å². The summed E-state index contributed by atoms with van der Waals surface area (Å²) in [5.74, 6) is 12.3. The van der Waals surface area contributed by atoms with Crippen LogP contribution >= 0.6 is 0 Å². The van der Waals surface area contributed by atoms with Crippen LogP contribution in [0.15, 0.2) is 0 Å². The zero-order valence-electron chi connectivity index (χ0n) is 27.7. The second-order valence-corrected chi connectivity index (χ2v) is 9.90. The third-order valence-corrected chi connectivity index (χ3v) is 5.42. The van der Waals surface area contributed by atoms with Crippen molar-refractivity contribution >= 4 is 11.9 Å². The predicted molar refractivity (Wildman–Crippen MR) is 167 cm³/mol. The number of hydrogen-bond donors (Lipinski definition) is 0. The van der Waals surface area contributed by atoms with Crippen LogP contribution in [0.5, 0.6) is 0 Å². The molecular weight excluding hydrogens is 536 g/mol. The van der Waals surface area contributed by atoms with E-state index in [0.717, 1.165) is 64.2 Å². The van der Waals surface area contributed by atoms with Crippen LogP contribution in [-0.2, 0) is 38.0 Å². The van der Waals surface area contributed by atoms with Gasteiger partial charge in [-0.1, -0.05) is 51.9 Å². The Labute approximate surface area is 257 Å². The van der Waals surface area contributed by atoms with Gasteiger partial charge in [-0.2, -0.15) is 0 Å². The van der Waals surface area contributed by atoms with E-state index in [-0.39, 0.29) is 11.9 Å². The number of esters is 2. The van der Waals surface area contributed by atoms with Gasteiger partial charge in [-0.25, -0.2) is 0 Å². The lowest BCUT2D eigenvalue weighted by molar-refractivity contribution is -0.145. The smallest absolute Gasteiger partial charge is 0.305 e. The topological polar surface area (TPSA) is 89.5 Å². The van der Waals surface area contributed by atoms with Crippen molar-refractivity contribution in [2.45, 2.75) is 138 Å². The molecule has 0 spiro atoms. The molecule has 0 aliphatic heterocycles. The van der Waals surface area contributed by atoms with Gasteiger partial charge in [-0.3, -0.25) is 9.59 Å². The van der Waals surface area contributed by atoms with Gasteiger partial charge in [0.25, 0.3) is 0 Å².